The molecule has 2 heterocycles. The predicted molar refractivity (Wildman–Crippen MR) is 79.8 cm³/mol. The number of hydrogen-bond donors (Lipinski definition) is 2. The monoisotopic (exact) mass is 303 g/mol. The van der Waals surface area contributed by atoms with E-state index in [0.29, 0.717) is 29.6 Å². The van der Waals surface area contributed by atoms with E-state index in [2.05, 4.69) is 4.98 Å². The van der Waals surface area contributed by atoms with Crippen LogP contribution >= 0.6 is 0 Å². The van der Waals surface area contributed by atoms with Crippen molar-refractivity contribution in [3.63, 3.8) is 0 Å². The van der Waals surface area contributed by atoms with Gasteiger partial charge in [0.25, 0.3) is 5.91 Å². The first kappa shape index (κ1) is 14.4. The first-order chi connectivity index (χ1) is 10.3. The largest absolute Gasteiger partial charge is 0.481 e. The van der Waals surface area contributed by atoms with Gasteiger partial charge >= 0.3 is 11.7 Å². The van der Waals surface area contributed by atoms with E-state index in [1.165, 1.54) is 4.57 Å². The van der Waals surface area contributed by atoms with Crippen LogP contribution in [0.4, 0.5) is 0 Å². The number of rotatable bonds is 2. The molecular weight excluding hydrogens is 286 g/mol. The predicted octanol–water partition coefficient (Wildman–Crippen LogP) is 0.803. The molecule has 1 saturated heterocycles. The highest BCUT2D eigenvalue weighted by atomic mass is 16.4. The quantitative estimate of drug-likeness (QED) is 0.858. The van der Waals surface area contributed by atoms with Gasteiger partial charge in [0.1, 0.15) is 0 Å². The van der Waals surface area contributed by atoms with Crippen molar-refractivity contribution in [3.8, 4) is 0 Å². The third-order valence-electron chi connectivity index (χ3n) is 4.43. The van der Waals surface area contributed by atoms with Crippen molar-refractivity contribution in [3.05, 3.63) is 34.2 Å². The minimum atomic E-state index is -0.888. The standard InChI is InChI=1S/C15H17N3O4/c1-15(13(20)21)5-6-18(8-15)12(19)9-3-4-10-11(7-9)17(2)14(22)16-10/h3-4,7H,5-6,8H2,1-2H3,(H,16,22)(H,20,21). The van der Waals surface area contributed by atoms with Gasteiger partial charge in [-0.2, -0.15) is 0 Å². The minimum Gasteiger partial charge on any atom is -0.481 e. The second kappa shape index (κ2) is 4.72. The highest BCUT2D eigenvalue weighted by Gasteiger charge is 2.42. The van der Waals surface area contributed by atoms with Crippen molar-refractivity contribution < 1.29 is 14.7 Å². The van der Waals surface area contributed by atoms with Crippen LogP contribution in [0.5, 0.6) is 0 Å². The Morgan fingerprint density at radius 2 is 2.09 bits per heavy atom. The first-order valence-electron chi connectivity index (χ1n) is 7.03. The van der Waals surface area contributed by atoms with Crippen molar-refractivity contribution in [1.29, 1.82) is 0 Å². The minimum absolute atomic E-state index is 0.200. The smallest absolute Gasteiger partial charge is 0.326 e. The van der Waals surface area contributed by atoms with E-state index >= 15 is 0 Å². The molecule has 1 unspecified atom stereocenters. The molecule has 1 fully saturated rings. The summed E-state index contributed by atoms with van der Waals surface area (Å²) in [5, 5.41) is 9.24. The van der Waals surface area contributed by atoms with Crippen LogP contribution in [0.25, 0.3) is 11.0 Å². The Morgan fingerprint density at radius 3 is 2.73 bits per heavy atom. The molecule has 7 heteroatoms. The van der Waals surface area contributed by atoms with Crippen molar-refractivity contribution in [2.24, 2.45) is 12.5 Å². The van der Waals surface area contributed by atoms with Crippen LogP contribution in [0.2, 0.25) is 0 Å². The summed E-state index contributed by atoms with van der Waals surface area (Å²) in [6.07, 6.45) is 0.443. The molecule has 2 aromatic rings. The molecule has 2 N–H and O–H groups in total. The molecule has 0 radical (unpaired) electrons. The first-order valence-corrected chi connectivity index (χ1v) is 7.03. The average Bonchev–Trinajstić information content (AvgIpc) is 3.01. The van der Waals surface area contributed by atoms with Crippen LogP contribution in [-0.4, -0.2) is 44.5 Å². The number of nitrogens with zero attached hydrogens (tertiary/aromatic N) is 2. The van der Waals surface area contributed by atoms with Gasteiger partial charge < -0.3 is 15.0 Å². The lowest BCUT2D eigenvalue weighted by atomic mass is 9.90. The van der Waals surface area contributed by atoms with Gasteiger partial charge in [-0.05, 0) is 31.5 Å². The Morgan fingerprint density at radius 1 is 1.36 bits per heavy atom. The van der Waals surface area contributed by atoms with Gasteiger partial charge in [-0.3, -0.25) is 14.2 Å². The van der Waals surface area contributed by atoms with E-state index in [4.69, 9.17) is 0 Å². The summed E-state index contributed by atoms with van der Waals surface area (Å²) >= 11 is 0. The van der Waals surface area contributed by atoms with E-state index in [0.717, 1.165) is 0 Å². The lowest BCUT2D eigenvalue weighted by Crippen LogP contribution is -2.34. The normalized spacial score (nSPS) is 21.5. The molecule has 0 saturated carbocycles. The molecule has 1 amide bonds. The Kier molecular flexibility index (Phi) is 3.09. The summed E-state index contributed by atoms with van der Waals surface area (Å²) in [5.74, 6) is -1.09. The number of nitrogens with one attached hydrogen (secondary N) is 1. The Labute approximate surface area is 126 Å². The van der Waals surface area contributed by atoms with E-state index in [9.17, 15) is 19.5 Å². The number of aryl methyl sites for hydroxylation is 1. The fraction of sp³-hybridized carbons (Fsp3) is 0.400. The molecule has 7 nitrogen and oxygen atoms in total. The third kappa shape index (κ3) is 2.09. The molecule has 0 spiro atoms. The molecule has 0 bridgehead atoms. The molecule has 1 atom stereocenters. The summed E-state index contributed by atoms with van der Waals surface area (Å²) in [5.41, 5.74) is 0.647. The number of aromatic nitrogens is 2. The average molecular weight is 303 g/mol. The van der Waals surface area contributed by atoms with Crippen LogP contribution in [0, 0.1) is 5.41 Å². The number of carbonyl (C=O) groups is 2. The fourth-order valence-electron chi connectivity index (χ4n) is 2.85. The summed E-state index contributed by atoms with van der Waals surface area (Å²) in [4.78, 5) is 39.7. The Hall–Kier alpha value is -2.57. The van der Waals surface area contributed by atoms with Gasteiger partial charge in [0, 0.05) is 25.7 Å². The third-order valence-corrected chi connectivity index (χ3v) is 4.43. The summed E-state index contributed by atoms with van der Waals surface area (Å²) in [7, 11) is 1.63. The molecule has 1 aromatic heterocycles. The lowest BCUT2D eigenvalue weighted by Gasteiger charge is -2.20. The van der Waals surface area contributed by atoms with Crippen molar-refractivity contribution >= 4 is 22.9 Å². The molecule has 1 aliphatic heterocycles. The number of imidazole rings is 1. The summed E-state index contributed by atoms with van der Waals surface area (Å²) in [6, 6.07) is 5.00. The number of H-pyrrole nitrogens is 1. The van der Waals surface area contributed by atoms with Gasteiger partial charge in [-0.25, -0.2) is 4.79 Å². The Balaban J connectivity index is 1.92. The van der Waals surface area contributed by atoms with Gasteiger partial charge in [0.05, 0.1) is 16.4 Å². The maximum atomic E-state index is 12.6. The zero-order chi connectivity index (χ0) is 16.1. The summed E-state index contributed by atoms with van der Waals surface area (Å²) in [6.45, 7) is 2.28. The molecule has 0 aliphatic carbocycles. The number of fused-ring (bicyclic) bond motifs is 1. The Bertz CT molecular complexity index is 835. The van der Waals surface area contributed by atoms with E-state index in [1.807, 2.05) is 0 Å². The van der Waals surface area contributed by atoms with E-state index in [1.54, 1.807) is 37.1 Å². The fourth-order valence-corrected chi connectivity index (χ4v) is 2.85. The maximum absolute atomic E-state index is 12.6. The lowest BCUT2D eigenvalue weighted by molar-refractivity contribution is -0.147. The zero-order valence-corrected chi connectivity index (χ0v) is 12.4. The number of carbonyl (C=O) groups excluding carboxylic acids is 1. The number of carboxylic acids is 1. The number of likely N-dealkylation sites (tertiary alicyclic amines) is 1. The topological polar surface area (TPSA) is 95.4 Å². The number of benzene rings is 1. The van der Waals surface area contributed by atoms with E-state index in [-0.39, 0.29) is 18.1 Å². The van der Waals surface area contributed by atoms with Crippen molar-refractivity contribution in [2.75, 3.05) is 13.1 Å². The highest BCUT2D eigenvalue weighted by molar-refractivity contribution is 5.98. The number of carboxylic acid groups (broad SMARTS) is 1. The number of aromatic amines is 1. The number of hydrogen-bond acceptors (Lipinski definition) is 3. The zero-order valence-electron chi connectivity index (χ0n) is 12.4. The van der Waals surface area contributed by atoms with Gasteiger partial charge in [-0.1, -0.05) is 0 Å². The molecule has 1 aliphatic rings. The van der Waals surface area contributed by atoms with Crippen LogP contribution in [0.3, 0.4) is 0 Å². The van der Waals surface area contributed by atoms with Crippen LogP contribution in [0.15, 0.2) is 23.0 Å². The molecule has 1 aromatic carbocycles. The van der Waals surface area contributed by atoms with Gasteiger partial charge in [0.2, 0.25) is 0 Å². The molecular formula is C15H17N3O4. The highest BCUT2D eigenvalue weighted by Crippen LogP contribution is 2.31. The van der Waals surface area contributed by atoms with Crippen LogP contribution in [-0.2, 0) is 11.8 Å². The SMILES string of the molecule is Cn1c(=O)[nH]c2ccc(C(=O)N3CCC(C)(C(=O)O)C3)cc21. The maximum Gasteiger partial charge on any atom is 0.326 e. The van der Waals surface area contributed by atoms with E-state index < -0.39 is 11.4 Å². The van der Waals surface area contributed by atoms with Crippen LogP contribution < -0.4 is 5.69 Å². The number of aliphatic carboxylic acids is 1. The second-order valence-electron chi connectivity index (χ2n) is 6.06. The molecule has 22 heavy (non-hydrogen) atoms. The second-order valence-corrected chi connectivity index (χ2v) is 6.06. The number of amides is 1. The molecule has 3 rings (SSSR count). The van der Waals surface area contributed by atoms with Crippen molar-refractivity contribution in [2.45, 2.75) is 13.3 Å². The van der Waals surface area contributed by atoms with Gasteiger partial charge in [-0.15, -0.1) is 0 Å². The van der Waals surface area contributed by atoms with Crippen LogP contribution in [0.1, 0.15) is 23.7 Å². The van der Waals surface area contributed by atoms with Gasteiger partial charge in [0.15, 0.2) is 0 Å². The molecule has 116 valence electrons. The summed E-state index contributed by atoms with van der Waals surface area (Å²) < 4.78 is 1.44. The van der Waals surface area contributed by atoms with Crippen molar-refractivity contribution in [1.82, 2.24) is 14.5 Å².